The Hall–Kier alpha value is -2.67. The summed E-state index contributed by atoms with van der Waals surface area (Å²) >= 11 is 1.35. The molecular weight excluding hydrogens is 375 g/mol. The first kappa shape index (κ1) is 18.7. The lowest BCUT2D eigenvalue weighted by Crippen LogP contribution is -2.23. The standard InChI is InChI=1S/C21H21FN4OS/c1-13-7-3-6-10-18(13)23-20(27)14(2)28-21-25-24-19(26(21)15-11-12-15)16-8-4-5-9-17(16)22/h3-10,14-15H,11-12H2,1-2H3,(H,23,27)/t14-/m0/s1. The van der Waals surface area contributed by atoms with E-state index in [1.165, 1.54) is 17.8 Å². The number of thioether (sulfide) groups is 1. The minimum Gasteiger partial charge on any atom is -0.325 e. The molecule has 0 unspecified atom stereocenters. The zero-order valence-corrected chi connectivity index (χ0v) is 16.5. The summed E-state index contributed by atoms with van der Waals surface area (Å²) in [4.78, 5) is 12.6. The van der Waals surface area contributed by atoms with Gasteiger partial charge in [-0.3, -0.25) is 9.36 Å². The first-order valence-corrected chi connectivity index (χ1v) is 10.2. The van der Waals surface area contributed by atoms with Crippen molar-refractivity contribution in [3.05, 3.63) is 59.9 Å². The second kappa shape index (κ2) is 7.75. The number of carbonyl (C=O) groups excluding carboxylic acids is 1. The van der Waals surface area contributed by atoms with E-state index in [1.807, 2.05) is 42.7 Å². The minimum atomic E-state index is -0.366. The smallest absolute Gasteiger partial charge is 0.237 e. The average molecular weight is 396 g/mol. The van der Waals surface area contributed by atoms with Crippen molar-refractivity contribution in [2.45, 2.75) is 43.1 Å². The molecule has 5 nitrogen and oxygen atoms in total. The summed E-state index contributed by atoms with van der Waals surface area (Å²) in [7, 11) is 0. The van der Waals surface area contributed by atoms with Crippen molar-refractivity contribution in [2.75, 3.05) is 5.32 Å². The first-order chi connectivity index (χ1) is 13.5. The van der Waals surface area contributed by atoms with E-state index in [9.17, 15) is 9.18 Å². The van der Waals surface area contributed by atoms with Crippen LogP contribution in [0.4, 0.5) is 10.1 Å². The average Bonchev–Trinajstić information content (AvgIpc) is 3.44. The molecule has 1 aliphatic rings. The Bertz CT molecular complexity index is 1020. The topological polar surface area (TPSA) is 59.8 Å². The molecule has 1 amide bonds. The molecule has 0 saturated heterocycles. The van der Waals surface area contributed by atoms with Gasteiger partial charge in [-0.05, 0) is 50.5 Å². The zero-order chi connectivity index (χ0) is 19.7. The SMILES string of the molecule is Cc1ccccc1NC(=O)[C@H](C)Sc1nnc(-c2ccccc2F)n1C1CC1. The highest BCUT2D eigenvalue weighted by Gasteiger charge is 2.32. The van der Waals surface area contributed by atoms with Crippen LogP contribution in [0.25, 0.3) is 11.4 Å². The van der Waals surface area contributed by atoms with Gasteiger partial charge in [0.05, 0.1) is 10.8 Å². The van der Waals surface area contributed by atoms with Gasteiger partial charge in [-0.1, -0.05) is 42.1 Å². The summed E-state index contributed by atoms with van der Waals surface area (Å²) in [5.41, 5.74) is 2.25. The van der Waals surface area contributed by atoms with E-state index < -0.39 is 0 Å². The molecule has 0 aliphatic heterocycles. The lowest BCUT2D eigenvalue weighted by Gasteiger charge is -2.14. The number of aryl methyl sites for hydroxylation is 1. The maximum Gasteiger partial charge on any atom is 0.237 e. The van der Waals surface area contributed by atoms with E-state index in [-0.39, 0.29) is 23.0 Å². The molecule has 1 fully saturated rings. The highest BCUT2D eigenvalue weighted by molar-refractivity contribution is 8.00. The number of hydrogen-bond donors (Lipinski definition) is 1. The molecule has 2 aromatic carbocycles. The van der Waals surface area contributed by atoms with Crippen molar-refractivity contribution in [3.8, 4) is 11.4 Å². The van der Waals surface area contributed by atoms with Gasteiger partial charge in [-0.15, -0.1) is 10.2 Å². The van der Waals surface area contributed by atoms with E-state index in [1.54, 1.807) is 18.2 Å². The van der Waals surface area contributed by atoms with E-state index in [0.717, 1.165) is 24.1 Å². The third-order valence-corrected chi connectivity index (χ3v) is 5.80. The van der Waals surface area contributed by atoms with Crippen molar-refractivity contribution in [1.82, 2.24) is 14.8 Å². The highest BCUT2D eigenvalue weighted by atomic mass is 32.2. The number of benzene rings is 2. The molecule has 1 heterocycles. The fraction of sp³-hybridized carbons (Fsp3) is 0.286. The molecule has 28 heavy (non-hydrogen) atoms. The van der Waals surface area contributed by atoms with Crippen LogP contribution in [0, 0.1) is 12.7 Å². The zero-order valence-electron chi connectivity index (χ0n) is 15.7. The van der Waals surface area contributed by atoms with E-state index in [0.29, 0.717) is 16.5 Å². The second-order valence-corrected chi connectivity index (χ2v) is 8.26. The normalized spacial score (nSPS) is 14.7. The van der Waals surface area contributed by atoms with Gasteiger partial charge in [0.2, 0.25) is 5.91 Å². The van der Waals surface area contributed by atoms with Crippen LogP contribution in [-0.2, 0) is 4.79 Å². The summed E-state index contributed by atoms with van der Waals surface area (Å²) in [5, 5.41) is 11.8. The van der Waals surface area contributed by atoms with Crippen LogP contribution in [0.2, 0.25) is 0 Å². The molecule has 0 bridgehead atoms. The van der Waals surface area contributed by atoms with Crippen LogP contribution in [0.3, 0.4) is 0 Å². The van der Waals surface area contributed by atoms with Crippen LogP contribution in [0.1, 0.15) is 31.4 Å². The Labute approximate surface area is 167 Å². The van der Waals surface area contributed by atoms with Crippen LogP contribution < -0.4 is 5.32 Å². The van der Waals surface area contributed by atoms with Crippen molar-refractivity contribution < 1.29 is 9.18 Å². The number of anilines is 1. The van der Waals surface area contributed by atoms with E-state index in [4.69, 9.17) is 0 Å². The van der Waals surface area contributed by atoms with Crippen molar-refractivity contribution in [2.24, 2.45) is 0 Å². The largest absolute Gasteiger partial charge is 0.325 e. The number of amides is 1. The summed E-state index contributed by atoms with van der Waals surface area (Å²) in [6, 6.07) is 14.5. The molecule has 1 atom stereocenters. The van der Waals surface area contributed by atoms with Gasteiger partial charge in [0.1, 0.15) is 5.82 Å². The first-order valence-electron chi connectivity index (χ1n) is 9.27. The Morgan fingerprint density at radius 2 is 1.89 bits per heavy atom. The van der Waals surface area contributed by atoms with Gasteiger partial charge < -0.3 is 5.32 Å². The molecule has 0 radical (unpaired) electrons. The highest BCUT2D eigenvalue weighted by Crippen LogP contribution is 2.42. The van der Waals surface area contributed by atoms with Gasteiger partial charge in [0.15, 0.2) is 11.0 Å². The lowest BCUT2D eigenvalue weighted by atomic mass is 10.2. The summed E-state index contributed by atoms with van der Waals surface area (Å²) in [5.74, 6) is 0.102. The van der Waals surface area contributed by atoms with Gasteiger partial charge in [-0.25, -0.2) is 4.39 Å². The monoisotopic (exact) mass is 396 g/mol. The molecule has 1 aliphatic carbocycles. The van der Waals surface area contributed by atoms with Gasteiger partial charge >= 0.3 is 0 Å². The molecule has 0 spiro atoms. The van der Waals surface area contributed by atoms with E-state index in [2.05, 4.69) is 15.5 Å². The number of nitrogens with zero attached hydrogens (tertiary/aromatic N) is 3. The molecular formula is C21H21FN4OS. The number of para-hydroxylation sites is 1. The Morgan fingerprint density at radius 1 is 1.18 bits per heavy atom. The lowest BCUT2D eigenvalue weighted by molar-refractivity contribution is -0.115. The molecule has 1 aromatic heterocycles. The molecule has 1 saturated carbocycles. The molecule has 144 valence electrons. The fourth-order valence-electron chi connectivity index (χ4n) is 3.00. The van der Waals surface area contributed by atoms with E-state index >= 15 is 0 Å². The Kier molecular flexibility index (Phi) is 5.17. The van der Waals surface area contributed by atoms with Crippen LogP contribution in [0.15, 0.2) is 53.7 Å². The molecule has 7 heteroatoms. The quantitative estimate of drug-likeness (QED) is 0.605. The molecule has 4 rings (SSSR count). The molecule has 1 N–H and O–H groups in total. The number of halogens is 1. The third kappa shape index (κ3) is 3.80. The Morgan fingerprint density at radius 3 is 2.61 bits per heavy atom. The van der Waals surface area contributed by atoms with Crippen LogP contribution in [0.5, 0.6) is 0 Å². The second-order valence-electron chi connectivity index (χ2n) is 6.95. The molecule has 3 aromatic rings. The number of aromatic nitrogens is 3. The van der Waals surface area contributed by atoms with Gasteiger partial charge in [0.25, 0.3) is 0 Å². The number of nitrogens with one attached hydrogen (secondary N) is 1. The number of carbonyl (C=O) groups is 1. The van der Waals surface area contributed by atoms with Crippen molar-refractivity contribution in [3.63, 3.8) is 0 Å². The Balaban J connectivity index is 1.56. The maximum atomic E-state index is 14.3. The minimum absolute atomic E-state index is 0.0999. The van der Waals surface area contributed by atoms with Crippen molar-refractivity contribution >= 4 is 23.4 Å². The van der Waals surface area contributed by atoms with Gasteiger partial charge in [0, 0.05) is 11.7 Å². The summed E-state index contributed by atoms with van der Waals surface area (Å²) in [6.45, 7) is 3.80. The third-order valence-electron chi connectivity index (χ3n) is 4.75. The summed E-state index contributed by atoms with van der Waals surface area (Å²) < 4.78 is 16.2. The fourth-order valence-corrected chi connectivity index (χ4v) is 3.92. The van der Waals surface area contributed by atoms with Crippen LogP contribution in [-0.4, -0.2) is 25.9 Å². The van der Waals surface area contributed by atoms with Crippen molar-refractivity contribution in [1.29, 1.82) is 0 Å². The maximum absolute atomic E-state index is 14.3. The number of rotatable bonds is 6. The predicted molar refractivity (Wildman–Crippen MR) is 109 cm³/mol. The number of hydrogen-bond acceptors (Lipinski definition) is 4. The summed E-state index contributed by atoms with van der Waals surface area (Å²) in [6.07, 6.45) is 2.02. The predicted octanol–water partition coefficient (Wildman–Crippen LogP) is 4.85. The van der Waals surface area contributed by atoms with Crippen LogP contribution >= 0.6 is 11.8 Å². The van der Waals surface area contributed by atoms with Gasteiger partial charge in [-0.2, -0.15) is 0 Å².